The highest BCUT2D eigenvalue weighted by Gasteiger charge is 2.26. The van der Waals surface area contributed by atoms with Crippen LogP contribution in [0.15, 0.2) is 6.20 Å². The zero-order chi connectivity index (χ0) is 14.5. The number of aliphatic hydroxyl groups excluding tert-OH is 1. The first-order chi connectivity index (χ1) is 8.88. The maximum Gasteiger partial charge on any atom is 0.263 e. The highest BCUT2D eigenvalue weighted by molar-refractivity contribution is 7.13. The lowest BCUT2D eigenvalue weighted by atomic mass is 9.85. The van der Waals surface area contributed by atoms with Crippen LogP contribution < -0.4 is 5.32 Å². The topological polar surface area (TPSA) is 62.2 Å². The Morgan fingerprint density at radius 1 is 1.53 bits per heavy atom. The van der Waals surface area contributed by atoms with Gasteiger partial charge >= 0.3 is 0 Å². The van der Waals surface area contributed by atoms with Crippen molar-refractivity contribution >= 4 is 17.2 Å². The van der Waals surface area contributed by atoms with E-state index in [9.17, 15) is 4.79 Å². The van der Waals surface area contributed by atoms with Crippen LogP contribution in [0.2, 0.25) is 0 Å². The molecule has 2 N–H and O–H groups in total. The number of aromatic nitrogens is 1. The third kappa shape index (κ3) is 4.91. The maximum atomic E-state index is 12.2. The molecular weight excluding hydrogens is 260 g/mol. The zero-order valence-electron chi connectivity index (χ0n) is 12.2. The molecule has 108 valence electrons. The van der Waals surface area contributed by atoms with E-state index in [1.54, 1.807) is 6.20 Å². The minimum atomic E-state index is -0.0896. The highest BCUT2D eigenvalue weighted by atomic mass is 32.1. The van der Waals surface area contributed by atoms with E-state index >= 15 is 0 Å². The molecule has 1 heterocycles. The van der Waals surface area contributed by atoms with Crippen molar-refractivity contribution in [1.29, 1.82) is 0 Å². The van der Waals surface area contributed by atoms with Gasteiger partial charge in [-0.05, 0) is 24.7 Å². The van der Waals surface area contributed by atoms with E-state index in [4.69, 9.17) is 5.11 Å². The summed E-state index contributed by atoms with van der Waals surface area (Å²) in [5, 5.41) is 13.1. The fourth-order valence-corrected chi connectivity index (χ4v) is 2.75. The Labute approximate surface area is 119 Å². The van der Waals surface area contributed by atoms with Crippen molar-refractivity contribution < 1.29 is 9.90 Å². The fraction of sp³-hybridized carbons (Fsp3) is 0.714. The first-order valence-corrected chi connectivity index (χ1v) is 7.56. The Balaban J connectivity index is 2.70. The first kappa shape index (κ1) is 16.1. The Morgan fingerprint density at radius 2 is 2.21 bits per heavy atom. The van der Waals surface area contributed by atoms with Gasteiger partial charge < -0.3 is 10.4 Å². The monoisotopic (exact) mass is 284 g/mol. The number of rotatable bonds is 6. The third-order valence-corrected chi connectivity index (χ3v) is 4.07. The van der Waals surface area contributed by atoms with E-state index in [1.165, 1.54) is 11.3 Å². The molecule has 0 aliphatic rings. The predicted molar refractivity (Wildman–Crippen MR) is 78.5 cm³/mol. The Hall–Kier alpha value is -0.940. The molecule has 0 bridgehead atoms. The maximum absolute atomic E-state index is 12.2. The summed E-state index contributed by atoms with van der Waals surface area (Å²) >= 11 is 1.45. The molecule has 1 aromatic heterocycles. The second-order valence-corrected chi connectivity index (χ2v) is 6.89. The fourth-order valence-electron chi connectivity index (χ4n) is 1.82. The molecule has 0 aromatic carbocycles. The number of aryl methyl sites for hydroxylation is 1. The van der Waals surface area contributed by atoms with Gasteiger partial charge in [-0.3, -0.25) is 4.79 Å². The second kappa shape index (κ2) is 7.01. The summed E-state index contributed by atoms with van der Waals surface area (Å²) < 4.78 is 0. The summed E-state index contributed by atoms with van der Waals surface area (Å²) in [6.45, 7) is 8.35. The number of hydrogen-bond donors (Lipinski definition) is 2. The Bertz CT molecular complexity index is 410. The number of nitrogens with one attached hydrogen (secondary N) is 1. The lowest BCUT2D eigenvalue weighted by molar-refractivity contribution is 0.0889. The molecule has 1 amide bonds. The van der Waals surface area contributed by atoms with Crippen molar-refractivity contribution in [3.8, 4) is 0 Å². The Kier molecular flexibility index (Phi) is 5.94. The van der Waals surface area contributed by atoms with Crippen LogP contribution in [0.1, 0.15) is 55.2 Å². The molecule has 0 aliphatic heterocycles. The summed E-state index contributed by atoms with van der Waals surface area (Å²) in [6, 6.07) is -0.0401. The van der Waals surface area contributed by atoms with E-state index in [1.807, 2.05) is 0 Å². The minimum absolute atomic E-state index is 0.0401. The average Bonchev–Trinajstić information content (AvgIpc) is 2.76. The zero-order valence-corrected chi connectivity index (χ0v) is 13.0. The van der Waals surface area contributed by atoms with Gasteiger partial charge in [0.05, 0.1) is 11.2 Å². The average molecular weight is 284 g/mol. The van der Waals surface area contributed by atoms with Crippen LogP contribution in [0.5, 0.6) is 0 Å². The molecule has 1 atom stereocenters. The van der Waals surface area contributed by atoms with E-state index < -0.39 is 0 Å². The summed E-state index contributed by atoms with van der Waals surface area (Å²) in [7, 11) is 0. The van der Waals surface area contributed by atoms with Gasteiger partial charge in [-0.15, -0.1) is 11.3 Å². The van der Waals surface area contributed by atoms with Gasteiger partial charge in [0.2, 0.25) is 0 Å². The number of amides is 1. The molecule has 19 heavy (non-hydrogen) atoms. The van der Waals surface area contributed by atoms with Gasteiger partial charge in [0.1, 0.15) is 4.88 Å². The van der Waals surface area contributed by atoms with Crippen molar-refractivity contribution in [1.82, 2.24) is 10.3 Å². The molecule has 0 aliphatic carbocycles. The van der Waals surface area contributed by atoms with Gasteiger partial charge in [0, 0.05) is 12.6 Å². The van der Waals surface area contributed by atoms with Crippen molar-refractivity contribution in [2.24, 2.45) is 5.41 Å². The lowest BCUT2D eigenvalue weighted by Gasteiger charge is -2.30. The molecule has 1 aromatic rings. The number of aliphatic hydroxyl groups is 1. The molecule has 0 spiro atoms. The largest absolute Gasteiger partial charge is 0.396 e. The van der Waals surface area contributed by atoms with Gasteiger partial charge in [0.25, 0.3) is 5.91 Å². The van der Waals surface area contributed by atoms with Crippen LogP contribution in [0, 0.1) is 5.41 Å². The molecule has 5 heteroatoms. The van der Waals surface area contributed by atoms with E-state index in [0.717, 1.165) is 17.8 Å². The quantitative estimate of drug-likeness (QED) is 0.844. The number of carbonyl (C=O) groups excluding carboxylic acids is 1. The van der Waals surface area contributed by atoms with Crippen LogP contribution in [-0.2, 0) is 6.42 Å². The standard InChI is InChI=1S/C14H24N2O2S/c1-5-6-12-15-9-10(19-12)13(18)16-11(7-8-17)14(2,3)4/h9,11,17H,5-8H2,1-4H3,(H,16,18). The van der Waals surface area contributed by atoms with Gasteiger partial charge in [-0.2, -0.15) is 0 Å². The van der Waals surface area contributed by atoms with Crippen molar-refractivity contribution in [2.75, 3.05) is 6.61 Å². The van der Waals surface area contributed by atoms with Crippen molar-refractivity contribution in [2.45, 2.75) is 53.0 Å². The van der Waals surface area contributed by atoms with Gasteiger partial charge in [0.15, 0.2) is 0 Å². The van der Waals surface area contributed by atoms with Crippen molar-refractivity contribution in [3.05, 3.63) is 16.1 Å². The Morgan fingerprint density at radius 3 is 2.74 bits per heavy atom. The third-order valence-electron chi connectivity index (χ3n) is 3.01. The number of carbonyl (C=O) groups is 1. The predicted octanol–water partition coefficient (Wildman–Crippen LogP) is 2.62. The van der Waals surface area contributed by atoms with Crippen LogP contribution in [0.25, 0.3) is 0 Å². The van der Waals surface area contributed by atoms with Crippen LogP contribution in [-0.4, -0.2) is 28.6 Å². The highest BCUT2D eigenvalue weighted by Crippen LogP contribution is 2.23. The first-order valence-electron chi connectivity index (χ1n) is 6.75. The molecule has 4 nitrogen and oxygen atoms in total. The summed E-state index contributed by atoms with van der Waals surface area (Å²) in [5.41, 5.74) is -0.0741. The van der Waals surface area contributed by atoms with Gasteiger partial charge in [-0.25, -0.2) is 4.98 Å². The number of thiazole rings is 1. The van der Waals surface area contributed by atoms with Gasteiger partial charge in [-0.1, -0.05) is 27.7 Å². The molecule has 0 saturated carbocycles. The number of hydrogen-bond acceptors (Lipinski definition) is 4. The molecule has 0 fully saturated rings. The normalized spacial score (nSPS) is 13.3. The smallest absolute Gasteiger partial charge is 0.263 e. The number of nitrogens with zero attached hydrogens (tertiary/aromatic N) is 1. The summed E-state index contributed by atoms with van der Waals surface area (Å²) in [4.78, 5) is 17.1. The van der Waals surface area contributed by atoms with Crippen LogP contribution in [0.4, 0.5) is 0 Å². The molecule has 1 unspecified atom stereocenters. The van der Waals surface area contributed by atoms with E-state index in [-0.39, 0.29) is 24.0 Å². The van der Waals surface area contributed by atoms with Crippen LogP contribution >= 0.6 is 11.3 Å². The van der Waals surface area contributed by atoms with E-state index in [0.29, 0.717) is 11.3 Å². The van der Waals surface area contributed by atoms with E-state index in [2.05, 4.69) is 38.0 Å². The SMILES string of the molecule is CCCc1ncc(C(=O)NC(CCO)C(C)(C)C)s1. The lowest BCUT2D eigenvalue weighted by Crippen LogP contribution is -2.44. The molecular formula is C14H24N2O2S. The summed E-state index contributed by atoms with van der Waals surface area (Å²) in [5.74, 6) is -0.0896. The second-order valence-electron chi connectivity index (χ2n) is 5.77. The van der Waals surface area contributed by atoms with Crippen LogP contribution in [0.3, 0.4) is 0 Å². The summed E-state index contributed by atoms with van der Waals surface area (Å²) in [6.07, 6.45) is 4.15. The van der Waals surface area contributed by atoms with Crippen molar-refractivity contribution in [3.63, 3.8) is 0 Å². The minimum Gasteiger partial charge on any atom is -0.396 e. The molecule has 0 saturated heterocycles. The molecule has 1 rings (SSSR count). The molecule has 0 radical (unpaired) electrons.